The Morgan fingerprint density at radius 2 is 1.43 bits per heavy atom. The standard InChI is InChI=1S/C14H14IO.F6P/c1-2-16-12-8-9-14(15)13(10-12)11-6-4-3-5-7-11;1-7(2,3,4,5)6/h3-10,15H,2H2,1H3;/q+1;-1. The van der Waals surface area contributed by atoms with E-state index in [1.54, 1.807) is 0 Å². The van der Waals surface area contributed by atoms with E-state index in [0.717, 1.165) is 5.75 Å². The first-order chi connectivity index (χ1) is 10.3. The Hall–Kier alpha value is -1.02. The van der Waals surface area contributed by atoms with Gasteiger partial charge in [-0.15, -0.1) is 0 Å². The molecule has 0 aromatic heterocycles. The van der Waals surface area contributed by atoms with Crippen LogP contribution >= 0.6 is 7.81 Å². The van der Waals surface area contributed by atoms with Gasteiger partial charge in [-0.05, 0) is 30.7 Å². The molecule has 0 radical (unpaired) electrons. The van der Waals surface area contributed by atoms with Crippen LogP contribution < -0.4 is 27.3 Å². The number of rotatable bonds is 3. The van der Waals surface area contributed by atoms with Gasteiger partial charge < -0.3 is 4.74 Å². The summed E-state index contributed by atoms with van der Waals surface area (Å²) in [5.41, 5.74) is 2.49. The van der Waals surface area contributed by atoms with Crippen molar-refractivity contribution in [1.82, 2.24) is 0 Å². The molecule has 0 N–H and O–H groups in total. The Morgan fingerprint density at radius 1 is 0.913 bits per heavy atom. The second-order valence-electron chi connectivity index (χ2n) is 4.42. The summed E-state index contributed by atoms with van der Waals surface area (Å²) in [5, 5.41) is 0. The summed E-state index contributed by atoms with van der Waals surface area (Å²) in [6, 6.07) is 16.6. The van der Waals surface area contributed by atoms with E-state index in [4.69, 9.17) is 4.74 Å². The van der Waals surface area contributed by atoms with Crippen LogP contribution in [-0.4, -0.2) is 6.61 Å². The van der Waals surface area contributed by atoms with Crippen molar-refractivity contribution in [2.24, 2.45) is 0 Å². The van der Waals surface area contributed by atoms with Crippen molar-refractivity contribution in [2.45, 2.75) is 6.92 Å². The second-order valence-corrected chi connectivity index (χ2v) is 7.59. The first-order valence-electron chi connectivity index (χ1n) is 6.32. The molecule has 0 spiro atoms. The van der Waals surface area contributed by atoms with Gasteiger partial charge in [0.25, 0.3) is 22.6 Å². The number of benzene rings is 2. The predicted molar refractivity (Wildman–Crippen MR) is 76.7 cm³/mol. The Bertz CT molecular complexity index is 646. The van der Waals surface area contributed by atoms with Crippen LogP contribution in [0.5, 0.6) is 5.75 Å². The molecule has 130 valence electrons. The van der Waals surface area contributed by atoms with Gasteiger partial charge in [-0.1, -0.05) is 30.3 Å². The summed E-state index contributed by atoms with van der Waals surface area (Å²) in [6.45, 7) is 2.71. The third-order valence-electron chi connectivity index (χ3n) is 2.35. The molecule has 2 aromatic rings. The zero-order valence-electron chi connectivity index (χ0n) is 11.9. The molecular weight excluding hydrogens is 456 g/mol. The Balaban J connectivity index is 0.000000322. The van der Waals surface area contributed by atoms with Gasteiger partial charge in [0, 0.05) is 5.56 Å². The minimum atomic E-state index is -10.7. The monoisotopic (exact) mass is 470 g/mol. The van der Waals surface area contributed by atoms with E-state index in [1.807, 2.05) is 41.6 Å². The van der Waals surface area contributed by atoms with Gasteiger partial charge in [0.2, 0.25) is 0 Å². The van der Waals surface area contributed by atoms with E-state index in [9.17, 15) is 25.2 Å². The molecule has 0 amide bonds. The SMILES string of the molecule is CCOc1ccc([IH+])c(-c2ccccc2)c1.F[P-](F)(F)(F)(F)F. The van der Waals surface area contributed by atoms with Crippen molar-refractivity contribution >= 4 is 7.81 Å². The van der Waals surface area contributed by atoms with Gasteiger partial charge >= 0.3 is 33.0 Å². The van der Waals surface area contributed by atoms with E-state index in [0.29, 0.717) is 6.61 Å². The fourth-order valence-corrected chi connectivity index (χ4v) is 2.31. The normalized spacial score (nSPS) is 14.1. The van der Waals surface area contributed by atoms with Gasteiger partial charge in [-0.2, -0.15) is 0 Å². The fraction of sp³-hybridized carbons (Fsp3) is 0.143. The first kappa shape index (κ1) is 20.0. The topological polar surface area (TPSA) is 9.23 Å². The van der Waals surface area contributed by atoms with Crippen LogP contribution in [0, 0.1) is 3.57 Å². The molecule has 0 saturated heterocycles. The molecular formula is C14H14F6IOP. The molecule has 0 fully saturated rings. The minimum absolute atomic E-state index is 0.706. The summed E-state index contributed by atoms with van der Waals surface area (Å²) in [6.07, 6.45) is 0. The number of ether oxygens (including phenoxy) is 1. The van der Waals surface area contributed by atoms with Gasteiger partial charge in [0.1, 0.15) is 5.75 Å². The first-order valence-corrected chi connectivity index (χ1v) is 9.51. The molecule has 0 bridgehead atoms. The van der Waals surface area contributed by atoms with E-state index >= 15 is 0 Å². The molecule has 1 nitrogen and oxygen atoms in total. The number of hydrogen-bond donors (Lipinski definition) is 0. The molecule has 2 rings (SSSR count). The molecule has 0 saturated carbocycles. The summed E-state index contributed by atoms with van der Waals surface area (Å²) < 4.78 is 66.0. The van der Waals surface area contributed by atoms with Crippen LogP contribution in [-0.2, 0) is 0 Å². The van der Waals surface area contributed by atoms with Crippen molar-refractivity contribution < 1.29 is 52.5 Å². The van der Waals surface area contributed by atoms with Crippen LogP contribution in [0.4, 0.5) is 25.2 Å². The van der Waals surface area contributed by atoms with E-state index < -0.39 is 7.81 Å². The average molecular weight is 470 g/mol. The fourth-order valence-electron chi connectivity index (χ4n) is 1.61. The summed E-state index contributed by atoms with van der Waals surface area (Å²) in [4.78, 5) is 0. The molecule has 2 aromatic carbocycles. The number of halogens is 7. The van der Waals surface area contributed by atoms with Crippen LogP contribution in [0.1, 0.15) is 6.92 Å². The Labute approximate surface area is 143 Å². The molecule has 9 heteroatoms. The maximum absolute atomic E-state index is 10.7. The second kappa shape index (κ2) is 6.47. The van der Waals surface area contributed by atoms with Crippen LogP contribution in [0.15, 0.2) is 48.5 Å². The van der Waals surface area contributed by atoms with E-state index in [1.165, 1.54) is 14.7 Å². The number of hydrogen-bond acceptors (Lipinski definition) is 1. The molecule has 0 aliphatic heterocycles. The average Bonchev–Trinajstić information content (AvgIpc) is 2.39. The summed E-state index contributed by atoms with van der Waals surface area (Å²) in [5.74, 6) is 0.939. The predicted octanol–water partition coefficient (Wildman–Crippen LogP) is 3.59. The van der Waals surface area contributed by atoms with Gasteiger partial charge in [0.05, 0.1) is 6.61 Å². The molecule has 23 heavy (non-hydrogen) atoms. The molecule has 0 atom stereocenters. The molecule has 0 heterocycles. The van der Waals surface area contributed by atoms with Crippen molar-refractivity contribution in [1.29, 1.82) is 0 Å². The van der Waals surface area contributed by atoms with Gasteiger partial charge in [-0.3, -0.25) is 0 Å². The molecule has 0 aliphatic rings. The van der Waals surface area contributed by atoms with Crippen molar-refractivity contribution in [3.05, 3.63) is 52.1 Å². The summed E-state index contributed by atoms with van der Waals surface area (Å²) in [7, 11) is -10.7. The Kier molecular flexibility index (Phi) is 5.63. The van der Waals surface area contributed by atoms with E-state index in [2.05, 4.69) is 36.4 Å². The van der Waals surface area contributed by atoms with Crippen LogP contribution in [0.3, 0.4) is 0 Å². The van der Waals surface area contributed by atoms with Crippen molar-refractivity contribution in [3.8, 4) is 16.9 Å². The molecule has 0 unspecified atom stereocenters. The van der Waals surface area contributed by atoms with Crippen LogP contribution in [0.2, 0.25) is 0 Å². The van der Waals surface area contributed by atoms with Crippen molar-refractivity contribution in [3.63, 3.8) is 0 Å². The van der Waals surface area contributed by atoms with Crippen molar-refractivity contribution in [2.75, 3.05) is 6.61 Å². The third kappa shape index (κ3) is 10.4. The summed E-state index contributed by atoms with van der Waals surface area (Å²) >= 11 is 2.05. The van der Waals surface area contributed by atoms with Crippen LogP contribution in [0.25, 0.3) is 11.1 Å². The maximum atomic E-state index is 9.87. The third-order valence-corrected chi connectivity index (χ3v) is 3.36. The van der Waals surface area contributed by atoms with E-state index in [-0.39, 0.29) is 0 Å². The van der Waals surface area contributed by atoms with Gasteiger partial charge in [-0.25, -0.2) is 0 Å². The Morgan fingerprint density at radius 3 is 1.91 bits per heavy atom. The zero-order chi connectivity index (χ0) is 17.8. The van der Waals surface area contributed by atoms with Gasteiger partial charge in [0.15, 0.2) is 3.57 Å². The molecule has 0 aliphatic carbocycles. The zero-order valence-corrected chi connectivity index (χ0v) is 15.1. The quantitative estimate of drug-likeness (QED) is 0.379.